The number of hydrogen-bond donors (Lipinski definition) is 0. The Labute approximate surface area is 198 Å². The Morgan fingerprint density at radius 3 is 2.15 bits per heavy atom. The minimum absolute atomic E-state index is 0.110. The molecule has 0 fully saturated rings. The third-order valence-corrected chi connectivity index (χ3v) is 7.88. The van der Waals surface area contributed by atoms with E-state index < -0.39 is 27.0 Å². The minimum Gasteiger partial charge on any atom is -0.289 e. The maximum atomic E-state index is 13.9. The van der Waals surface area contributed by atoms with Gasteiger partial charge in [-0.25, -0.2) is 8.42 Å². The molecule has 7 nitrogen and oxygen atoms in total. The molecule has 0 N–H and O–H groups in total. The summed E-state index contributed by atoms with van der Waals surface area (Å²) in [5.41, 5.74) is 2.10. The first-order valence-electron chi connectivity index (χ1n) is 10.9. The fraction of sp³-hybridized carbons (Fsp3) is 0.192. The third kappa shape index (κ3) is 4.30. The summed E-state index contributed by atoms with van der Waals surface area (Å²) in [4.78, 5) is 24.3. The molecule has 8 heteroatoms. The van der Waals surface area contributed by atoms with Gasteiger partial charge in [0.25, 0.3) is 5.69 Å². The van der Waals surface area contributed by atoms with E-state index in [1.165, 1.54) is 28.6 Å². The summed E-state index contributed by atoms with van der Waals surface area (Å²) >= 11 is 0. The van der Waals surface area contributed by atoms with Crippen LogP contribution in [0.4, 0.5) is 5.69 Å². The molecule has 0 radical (unpaired) electrons. The van der Waals surface area contributed by atoms with Crippen LogP contribution in [0.2, 0.25) is 0 Å². The number of non-ortho nitro benzene ring substituents is 1. The Hall–Kier alpha value is -3.62. The highest BCUT2D eigenvalue weighted by molar-refractivity contribution is 7.89. The lowest BCUT2D eigenvalue weighted by Gasteiger charge is -2.30. The molecule has 0 aliphatic carbocycles. The van der Waals surface area contributed by atoms with Gasteiger partial charge in [0.2, 0.25) is 10.0 Å². The van der Waals surface area contributed by atoms with Gasteiger partial charge in [0.1, 0.15) is 0 Å². The highest BCUT2D eigenvalue weighted by atomic mass is 32.2. The summed E-state index contributed by atoms with van der Waals surface area (Å²) in [7, 11) is -3.99. The number of nitro groups is 1. The summed E-state index contributed by atoms with van der Waals surface area (Å²) < 4.78 is 29.1. The zero-order valence-corrected chi connectivity index (χ0v) is 19.6. The second kappa shape index (κ2) is 9.32. The van der Waals surface area contributed by atoms with Gasteiger partial charge in [-0.2, -0.15) is 4.31 Å². The molecule has 0 saturated heterocycles. The van der Waals surface area contributed by atoms with E-state index in [0.717, 1.165) is 5.56 Å². The van der Waals surface area contributed by atoms with Gasteiger partial charge in [0.15, 0.2) is 5.78 Å². The van der Waals surface area contributed by atoms with Crippen LogP contribution in [0.15, 0.2) is 95.4 Å². The summed E-state index contributed by atoms with van der Waals surface area (Å²) in [5.74, 6) is -0.274. The van der Waals surface area contributed by atoms with Crippen molar-refractivity contribution in [2.75, 3.05) is 0 Å². The molecule has 2 atom stereocenters. The van der Waals surface area contributed by atoms with E-state index in [9.17, 15) is 23.3 Å². The summed E-state index contributed by atoms with van der Waals surface area (Å²) in [6.07, 6.45) is 2.17. The summed E-state index contributed by atoms with van der Waals surface area (Å²) in [5, 5.41) is 11.2. The zero-order valence-electron chi connectivity index (χ0n) is 18.8. The molecule has 0 saturated carbocycles. The van der Waals surface area contributed by atoms with Crippen molar-refractivity contribution < 1.29 is 18.1 Å². The first-order chi connectivity index (χ1) is 16.2. The lowest BCUT2D eigenvalue weighted by atomic mass is 9.94. The molecule has 174 valence electrons. The second-order valence-corrected chi connectivity index (χ2v) is 10.0. The smallest absolute Gasteiger partial charge is 0.269 e. The van der Waals surface area contributed by atoms with Crippen LogP contribution in [0, 0.1) is 17.0 Å². The number of benzene rings is 3. The number of nitro benzene ring substituents is 1. The third-order valence-electron chi connectivity index (χ3n) is 5.98. The molecule has 0 unspecified atom stereocenters. The molecule has 3 aromatic carbocycles. The number of hydrogen-bond acceptors (Lipinski definition) is 5. The van der Waals surface area contributed by atoms with E-state index in [4.69, 9.17) is 0 Å². The molecule has 4 rings (SSSR count). The van der Waals surface area contributed by atoms with Gasteiger partial charge in [0.05, 0.1) is 15.9 Å². The fourth-order valence-corrected chi connectivity index (χ4v) is 6.01. The van der Waals surface area contributed by atoms with Crippen molar-refractivity contribution in [1.82, 2.24) is 4.31 Å². The Morgan fingerprint density at radius 1 is 0.971 bits per heavy atom. The maximum absolute atomic E-state index is 13.9. The van der Waals surface area contributed by atoms with E-state index in [1.54, 1.807) is 60.7 Å². The van der Waals surface area contributed by atoms with Crippen molar-refractivity contribution in [2.24, 2.45) is 0 Å². The number of sulfonamides is 1. The number of rotatable bonds is 7. The van der Waals surface area contributed by atoms with Crippen molar-refractivity contribution >= 4 is 21.5 Å². The van der Waals surface area contributed by atoms with Gasteiger partial charge in [-0.3, -0.25) is 14.9 Å². The standard InChI is InChI=1S/C26H24N2O5S/c1-3-21-17-24(26(29)20-7-5-4-6-8-20)25(19-11-13-22(14-12-19)28(30)31)27(21)34(32,33)23-15-9-18(2)10-16-23/h4-17,21,25H,3H2,1-2H3/t21-,25+/m1/s1. The average molecular weight is 477 g/mol. The molecular formula is C26H24N2O5S. The SMILES string of the molecule is CC[C@@H]1C=C(C(=O)c2ccccc2)[C@H](c2ccc([N+](=O)[O-])cc2)N1S(=O)(=O)c1ccc(C)cc1. The lowest BCUT2D eigenvalue weighted by molar-refractivity contribution is -0.384. The van der Waals surface area contributed by atoms with Gasteiger partial charge in [-0.15, -0.1) is 0 Å². The number of aryl methyl sites for hydroxylation is 1. The predicted molar refractivity (Wildman–Crippen MR) is 129 cm³/mol. The van der Waals surface area contributed by atoms with Gasteiger partial charge in [0, 0.05) is 29.3 Å². The van der Waals surface area contributed by atoms with Crippen LogP contribution in [-0.2, 0) is 10.0 Å². The normalized spacial score (nSPS) is 18.5. The van der Waals surface area contributed by atoms with Crippen LogP contribution in [-0.4, -0.2) is 29.5 Å². The van der Waals surface area contributed by atoms with E-state index in [0.29, 0.717) is 23.1 Å². The largest absolute Gasteiger partial charge is 0.289 e. The monoisotopic (exact) mass is 476 g/mol. The summed E-state index contributed by atoms with van der Waals surface area (Å²) in [6, 6.07) is 19.5. The number of Topliss-reactive ketones (excluding diaryl/α,β-unsaturated/α-hetero) is 1. The van der Waals surface area contributed by atoms with Gasteiger partial charge in [-0.1, -0.05) is 73.2 Å². The van der Waals surface area contributed by atoms with Crippen molar-refractivity contribution in [3.05, 3.63) is 117 Å². The molecule has 1 aliphatic rings. The molecule has 0 aromatic heterocycles. The molecule has 0 amide bonds. The molecule has 3 aromatic rings. The number of nitrogens with zero attached hydrogens (tertiary/aromatic N) is 2. The Bertz CT molecular complexity index is 1350. The predicted octanol–water partition coefficient (Wildman–Crippen LogP) is 5.24. The van der Waals surface area contributed by atoms with Crippen molar-refractivity contribution in [1.29, 1.82) is 0 Å². The van der Waals surface area contributed by atoms with Crippen molar-refractivity contribution in [3.8, 4) is 0 Å². The quantitative estimate of drug-likeness (QED) is 0.264. The Balaban J connectivity index is 1.87. The van der Waals surface area contributed by atoms with Crippen molar-refractivity contribution in [3.63, 3.8) is 0 Å². The van der Waals surface area contributed by atoms with Crippen LogP contribution in [0.5, 0.6) is 0 Å². The van der Waals surface area contributed by atoms with E-state index in [-0.39, 0.29) is 16.4 Å². The van der Waals surface area contributed by atoms with Crippen molar-refractivity contribution in [2.45, 2.75) is 37.2 Å². The highest BCUT2D eigenvalue weighted by Crippen LogP contribution is 2.43. The van der Waals surface area contributed by atoms with E-state index >= 15 is 0 Å². The second-order valence-electron chi connectivity index (χ2n) is 8.19. The van der Waals surface area contributed by atoms with E-state index in [1.807, 2.05) is 13.8 Å². The van der Waals surface area contributed by atoms with Crippen LogP contribution in [0.1, 0.15) is 40.9 Å². The van der Waals surface area contributed by atoms with Crippen LogP contribution >= 0.6 is 0 Å². The zero-order chi connectivity index (χ0) is 24.5. The number of ketones is 1. The Kier molecular flexibility index (Phi) is 6.45. The van der Waals surface area contributed by atoms with Crippen LogP contribution in [0.25, 0.3) is 0 Å². The molecule has 1 heterocycles. The molecule has 0 bridgehead atoms. The molecule has 0 spiro atoms. The maximum Gasteiger partial charge on any atom is 0.269 e. The van der Waals surface area contributed by atoms with Crippen LogP contribution < -0.4 is 0 Å². The Morgan fingerprint density at radius 2 is 1.59 bits per heavy atom. The minimum atomic E-state index is -3.99. The molecule has 34 heavy (non-hydrogen) atoms. The highest BCUT2D eigenvalue weighted by Gasteiger charge is 2.45. The average Bonchev–Trinajstić information content (AvgIpc) is 3.25. The first-order valence-corrected chi connectivity index (χ1v) is 12.3. The number of carbonyl (C=O) groups is 1. The molecular weight excluding hydrogens is 452 g/mol. The lowest BCUT2D eigenvalue weighted by Crippen LogP contribution is -2.38. The topological polar surface area (TPSA) is 97.6 Å². The number of carbonyl (C=O) groups excluding carboxylic acids is 1. The van der Waals surface area contributed by atoms with Gasteiger partial charge in [-0.05, 0) is 31.0 Å². The van der Waals surface area contributed by atoms with Crippen LogP contribution in [0.3, 0.4) is 0 Å². The first kappa shape index (κ1) is 23.5. The fourth-order valence-electron chi connectivity index (χ4n) is 4.21. The van der Waals surface area contributed by atoms with Gasteiger partial charge >= 0.3 is 0 Å². The van der Waals surface area contributed by atoms with E-state index in [2.05, 4.69) is 0 Å². The summed E-state index contributed by atoms with van der Waals surface area (Å²) in [6.45, 7) is 3.74. The molecule has 1 aliphatic heterocycles. The van der Waals surface area contributed by atoms with Gasteiger partial charge < -0.3 is 0 Å².